The van der Waals surface area contributed by atoms with Crippen molar-refractivity contribution in [3.05, 3.63) is 98.2 Å². The molecule has 0 bridgehead atoms. The van der Waals surface area contributed by atoms with E-state index >= 15 is 0 Å². The molecule has 3 aliphatic heterocycles. The molecule has 0 radical (unpaired) electrons. The Morgan fingerprint density at radius 2 is 1.91 bits per heavy atom. The number of carbonyl (C=O) groups is 3. The summed E-state index contributed by atoms with van der Waals surface area (Å²) in [5.41, 5.74) is 2.46. The molecule has 2 unspecified atom stereocenters. The minimum absolute atomic E-state index is 0.00160. The summed E-state index contributed by atoms with van der Waals surface area (Å²) in [6.45, 7) is 4.60. The van der Waals surface area contributed by atoms with Crippen LogP contribution in [-0.4, -0.2) is 57.4 Å². The summed E-state index contributed by atoms with van der Waals surface area (Å²) in [4.78, 5) is 58.9. The highest BCUT2D eigenvalue weighted by Gasteiger charge is 2.42. The number of allylic oxidation sites excluding steroid dienone is 1. The molecule has 2 aromatic rings. The van der Waals surface area contributed by atoms with Gasteiger partial charge in [-0.15, -0.1) is 0 Å². The van der Waals surface area contributed by atoms with Crippen LogP contribution in [0.1, 0.15) is 50.3 Å². The van der Waals surface area contributed by atoms with E-state index in [9.17, 15) is 24.5 Å². The number of nitro benzene ring substituents is 1. The molecule has 12 heteroatoms. The van der Waals surface area contributed by atoms with E-state index in [0.29, 0.717) is 41.5 Å². The van der Waals surface area contributed by atoms with Crippen molar-refractivity contribution < 1.29 is 28.8 Å². The third-order valence-corrected chi connectivity index (χ3v) is 8.45. The number of amidine groups is 1. The van der Waals surface area contributed by atoms with Crippen LogP contribution in [0, 0.1) is 16.0 Å². The fourth-order valence-corrected chi connectivity index (χ4v) is 6.44. The second kappa shape index (κ2) is 13.2. The SMILES string of the molecule is CCOC(=O)C1CCCN(C(=O)CC2=CSC3=NC(C)=C(C(=O)OCc4ccccc4)C(c4cccc([N+](=O)[O-])c4)N23)C1. The summed E-state index contributed by atoms with van der Waals surface area (Å²) in [5, 5.41) is 14.0. The Kier molecular flexibility index (Phi) is 9.24. The van der Waals surface area contributed by atoms with Gasteiger partial charge in [0.15, 0.2) is 5.17 Å². The van der Waals surface area contributed by atoms with Crippen molar-refractivity contribution in [2.75, 3.05) is 19.7 Å². The lowest BCUT2D eigenvalue weighted by Crippen LogP contribution is -2.44. The van der Waals surface area contributed by atoms with E-state index in [-0.39, 0.29) is 55.2 Å². The predicted octanol–water partition coefficient (Wildman–Crippen LogP) is 5.10. The number of likely N-dealkylation sites (tertiary alicyclic amines) is 1. The highest BCUT2D eigenvalue weighted by atomic mass is 32.2. The van der Waals surface area contributed by atoms with Gasteiger partial charge in [-0.3, -0.25) is 19.7 Å². The number of hydrogen-bond donors (Lipinski definition) is 0. The molecule has 0 aromatic heterocycles. The summed E-state index contributed by atoms with van der Waals surface area (Å²) in [5.74, 6) is -1.44. The second-order valence-corrected chi connectivity index (χ2v) is 11.3. The number of amides is 1. The lowest BCUT2D eigenvalue weighted by atomic mass is 9.93. The lowest BCUT2D eigenvalue weighted by Gasteiger charge is -2.37. The van der Waals surface area contributed by atoms with Gasteiger partial charge in [-0.2, -0.15) is 0 Å². The van der Waals surface area contributed by atoms with Gasteiger partial charge in [0.2, 0.25) is 5.91 Å². The van der Waals surface area contributed by atoms with Crippen molar-refractivity contribution in [3.63, 3.8) is 0 Å². The molecule has 1 saturated heterocycles. The Balaban J connectivity index is 1.43. The van der Waals surface area contributed by atoms with Crippen LogP contribution in [0.5, 0.6) is 0 Å². The van der Waals surface area contributed by atoms with Crippen molar-refractivity contribution >= 4 is 40.5 Å². The van der Waals surface area contributed by atoms with Crippen LogP contribution in [0.2, 0.25) is 0 Å². The van der Waals surface area contributed by atoms with Crippen LogP contribution in [0.25, 0.3) is 0 Å². The normalized spacial score (nSPS) is 19.8. The molecule has 2 aromatic carbocycles. The minimum Gasteiger partial charge on any atom is -0.466 e. The number of nitrogens with zero attached hydrogens (tertiary/aromatic N) is 4. The van der Waals surface area contributed by atoms with E-state index in [4.69, 9.17) is 9.47 Å². The zero-order valence-corrected chi connectivity index (χ0v) is 24.7. The summed E-state index contributed by atoms with van der Waals surface area (Å²) in [6.07, 6.45) is 1.35. The molecule has 0 saturated carbocycles. The molecule has 0 aliphatic carbocycles. The Bertz CT molecular complexity index is 1520. The molecule has 0 N–H and O–H groups in total. The monoisotopic (exact) mass is 604 g/mol. The smallest absolute Gasteiger partial charge is 0.338 e. The summed E-state index contributed by atoms with van der Waals surface area (Å²) < 4.78 is 10.9. The van der Waals surface area contributed by atoms with E-state index < -0.39 is 16.9 Å². The molecule has 43 heavy (non-hydrogen) atoms. The number of piperidine rings is 1. The van der Waals surface area contributed by atoms with E-state index in [0.717, 1.165) is 5.56 Å². The molecular formula is C31H32N4O7S. The molecule has 0 spiro atoms. The summed E-state index contributed by atoms with van der Waals surface area (Å²) in [6, 6.07) is 14.6. The fourth-order valence-electron chi connectivity index (χ4n) is 5.48. The van der Waals surface area contributed by atoms with Crippen molar-refractivity contribution in [1.82, 2.24) is 9.80 Å². The first-order valence-electron chi connectivity index (χ1n) is 14.1. The quantitative estimate of drug-likeness (QED) is 0.218. The van der Waals surface area contributed by atoms with Gasteiger partial charge in [-0.05, 0) is 43.2 Å². The number of aliphatic imine (C=N–C) groups is 1. The van der Waals surface area contributed by atoms with Crippen molar-refractivity contribution in [2.24, 2.45) is 10.9 Å². The summed E-state index contributed by atoms with van der Waals surface area (Å²) in [7, 11) is 0. The molecule has 3 heterocycles. The van der Waals surface area contributed by atoms with Gasteiger partial charge in [0.25, 0.3) is 5.69 Å². The maximum absolute atomic E-state index is 13.6. The number of carbonyl (C=O) groups excluding carboxylic acids is 3. The molecule has 11 nitrogen and oxygen atoms in total. The first kappa shape index (κ1) is 30.0. The summed E-state index contributed by atoms with van der Waals surface area (Å²) >= 11 is 1.32. The first-order valence-corrected chi connectivity index (χ1v) is 15.0. The maximum atomic E-state index is 13.6. The Hall–Kier alpha value is -4.45. The van der Waals surface area contributed by atoms with Crippen LogP contribution in [0.4, 0.5) is 5.69 Å². The number of benzene rings is 2. The van der Waals surface area contributed by atoms with Crippen molar-refractivity contribution in [2.45, 2.75) is 45.8 Å². The number of hydrogen-bond acceptors (Lipinski definition) is 10. The van der Waals surface area contributed by atoms with Gasteiger partial charge in [-0.1, -0.05) is 54.2 Å². The van der Waals surface area contributed by atoms with Crippen LogP contribution >= 0.6 is 11.8 Å². The van der Waals surface area contributed by atoms with E-state index in [1.807, 2.05) is 35.7 Å². The highest BCUT2D eigenvalue weighted by Crippen LogP contribution is 2.45. The topological polar surface area (TPSA) is 132 Å². The van der Waals surface area contributed by atoms with E-state index in [1.54, 1.807) is 35.8 Å². The van der Waals surface area contributed by atoms with E-state index in [1.165, 1.54) is 23.9 Å². The Labute approximate surface area is 253 Å². The number of non-ortho nitro benzene ring substituents is 1. The molecule has 5 rings (SSSR count). The third kappa shape index (κ3) is 6.64. The minimum atomic E-state index is -0.807. The Morgan fingerprint density at radius 3 is 2.65 bits per heavy atom. The van der Waals surface area contributed by atoms with Crippen molar-refractivity contribution in [3.8, 4) is 0 Å². The average Bonchev–Trinajstić information content (AvgIpc) is 3.41. The number of rotatable bonds is 9. The number of fused-ring (bicyclic) bond motifs is 1. The largest absolute Gasteiger partial charge is 0.466 e. The van der Waals surface area contributed by atoms with Gasteiger partial charge >= 0.3 is 11.9 Å². The Morgan fingerprint density at radius 1 is 1.12 bits per heavy atom. The van der Waals surface area contributed by atoms with Gasteiger partial charge in [-0.25, -0.2) is 9.79 Å². The van der Waals surface area contributed by atoms with Gasteiger partial charge in [0.1, 0.15) is 6.61 Å². The second-order valence-electron chi connectivity index (χ2n) is 10.4. The van der Waals surface area contributed by atoms with Crippen LogP contribution in [-0.2, 0) is 30.5 Å². The number of ether oxygens (including phenoxy) is 2. The zero-order chi connectivity index (χ0) is 30.5. The zero-order valence-electron chi connectivity index (χ0n) is 23.9. The first-order chi connectivity index (χ1) is 20.8. The standard InChI is InChI=1S/C31H32N4O7S/c1-3-41-29(37)23-12-8-14-33(17-23)26(36)16-25-19-43-31-32-20(2)27(30(38)42-18-21-9-5-4-6-10-21)28(34(25)31)22-11-7-13-24(15-22)35(39)40/h4-7,9-11,13,15,19,23,28H,3,8,12,14,16-18H2,1-2H3. The molecule has 1 amide bonds. The van der Waals surface area contributed by atoms with E-state index in [2.05, 4.69) is 4.99 Å². The van der Waals surface area contributed by atoms with Gasteiger partial charge in [0.05, 0.1) is 41.2 Å². The number of nitro groups is 1. The third-order valence-electron chi connectivity index (χ3n) is 7.56. The maximum Gasteiger partial charge on any atom is 0.338 e. The molecular weight excluding hydrogens is 572 g/mol. The predicted molar refractivity (Wildman–Crippen MR) is 160 cm³/mol. The molecule has 1 fully saturated rings. The molecule has 3 aliphatic rings. The van der Waals surface area contributed by atoms with Crippen LogP contribution in [0.3, 0.4) is 0 Å². The number of esters is 2. The van der Waals surface area contributed by atoms with Crippen LogP contribution in [0.15, 0.2) is 82.0 Å². The number of thioether (sulfide) groups is 1. The van der Waals surface area contributed by atoms with Crippen LogP contribution < -0.4 is 0 Å². The van der Waals surface area contributed by atoms with Gasteiger partial charge in [0, 0.05) is 30.9 Å². The fraction of sp³-hybridized carbons (Fsp3) is 0.355. The van der Waals surface area contributed by atoms with Crippen molar-refractivity contribution in [1.29, 1.82) is 0 Å². The van der Waals surface area contributed by atoms with Gasteiger partial charge < -0.3 is 19.3 Å². The molecule has 224 valence electrons. The highest BCUT2D eigenvalue weighted by molar-refractivity contribution is 8.16. The lowest BCUT2D eigenvalue weighted by molar-refractivity contribution is -0.384. The average molecular weight is 605 g/mol. The molecule has 2 atom stereocenters.